The molecule has 0 rings (SSSR count). The third-order valence-electron chi connectivity index (χ3n) is 1.44. The van der Waals surface area contributed by atoms with Gasteiger partial charge in [-0.15, -0.1) is 0 Å². The summed E-state index contributed by atoms with van der Waals surface area (Å²) < 4.78 is 29.6. The van der Waals surface area contributed by atoms with E-state index in [1.54, 1.807) is 0 Å². The molecular formula is C5H9NO7S. The third kappa shape index (κ3) is 3.68. The molecule has 0 saturated heterocycles. The van der Waals surface area contributed by atoms with Crippen molar-refractivity contribution in [2.75, 3.05) is 0 Å². The molecular weight excluding hydrogens is 218 g/mol. The van der Waals surface area contributed by atoms with Crippen LogP contribution >= 0.6 is 0 Å². The maximum atomic E-state index is 10.6. The van der Waals surface area contributed by atoms with E-state index in [-0.39, 0.29) is 0 Å². The first kappa shape index (κ1) is 12.8. The van der Waals surface area contributed by atoms with Crippen LogP contribution in [0.5, 0.6) is 0 Å². The van der Waals surface area contributed by atoms with Crippen molar-refractivity contribution in [1.29, 1.82) is 0 Å². The second kappa shape index (κ2) is 4.35. The minimum absolute atomic E-state index is 1.06. The van der Waals surface area contributed by atoms with Crippen LogP contribution in [0.4, 0.5) is 0 Å². The lowest BCUT2D eigenvalue weighted by Gasteiger charge is -2.15. The van der Waals surface area contributed by atoms with E-state index in [1.807, 2.05) is 0 Å². The van der Waals surface area contributed by atoms with Crippen LogP contribution < -0.4 is 5.73 Å². The standard InChI is InChI=1S/C5H9NO7S/c6-4(5(9)10)2(1-3(7)8)14(11,12)13/h2,4H,1,6H2,(H,7,8)(H,9,10)(H,11,12,13)/t2?,4-/m0/s1. The minimum atomic E-state index is -4.79. The second-order valence-corrected chi connectivity index (χ2v) is 4.15. The van der Waals surface area contributed by atoms with Crippen LogP contribution in [-0.2, 0) is 19.7 Å². The van der Waals surface area contributed by atoms with E-state index in [0.717, 1.165) is 0 Å². The monoisotopic (exact) mass is 227 g/mol. The van der Waals surface area contributed by atoms with E-state index in [9.17, 15) is 18.0 Å². The zero-order chi connectivity index (χ0) is 11.5. The van der Waals surface area contributed by atoms with Crippen molar-refractivity contribution in [3.63, 3.8) is 0 Å². The van der Waals surface area contributed by atoms with E-state index < -0.39 is 39.8 Å². The maximum absolute atomic E-state index is 10.6. The molecule has 0 saturated carbocycles. The average molecular weight is 227 g/mol. The van der Waals surface area contributed by atoms with Gasteiger partial charge in [-0.2, -0.15) is 8.42 Å². The van der Waals surface area contributed by atoms with Gasteiger partial charge in [-0.1, -0.05) is 0 Å². The van der Waals surface area contributed by atoms with Gasteiger partial charge in [-0.3, -0.25) is 14.1 Å². The Morgan fingerprint density at radius 1 is 1.29 bits per heavy atom. The summed E-state index contributed by atoms with van der Waals surface area (Å²) >= 11 is 0. The molecule has 0 aromatic carbocycles. The molecule has 8 nitrogen and oxygen atoms in total. The first-order valence-corrected chi connectivity index (χ1v) is 4.83. The van der Waals surface area contributed by atoms with Gasteiger partial charge in [0.2, 0.25) is 0 Å². The highest BCUT2D eigenvalue weighted by atomic mass is 32.2. The second-order valence-electron chi connectivity index (χ2n) is 2.52. The summed E-state index contributed by atoms with van der Waals surface area (Å²) in [6, 6.07) is -1.97. The molecule has 0 bridgehead atoms. The zero-order valence-electron chi connectivity index (χ0n) is 6.82. The fraction of sp³-hybridized carbons (Fsp3) is 0.600. The maximum Gasteiger partial charge on any atom is 0.321 e. The molecule has 0 fully saturated rings. The lowest BCUT2D eigenvalue weighted by Crippen LogP contribution is -2.47. The van der Waals surface area contributed by atoms with Gasteiger partial charge in [0.05, 0.1) is 6.42 Å². The van der Waals surface area contributed by atoms with Crippen LogP contribution in [0.15, 0.2) is 0 Å². The molecule has 0 aromatic heterocycles. The highest BCUT2D eigenvalue weighted by molar-refractivity contribution is 7.86. The highest BCUT2D eigenvalue weighted by Crippen LogP contribution is 2.08. The predicted molar refractivity (Wildman–Crippen MR) is 43.2 cm³/mol. The number of nitrogens with two attached hydrogens (primary N) is 1. The Hall–Kier alpha value is -1.19. The molecule has 0 aliphatic carbocycles. The van der Waals surface area contributed by atoms with Gasteiger partial charge < -0.3 is 15.9 Å². The molecule has 0 heterocycles. The molecule has 0 aliphatic rings. The number of carbonyl (C=O) groups is 2. The number of hydrogen-bond acceptors (Lipinski definition) is 5. The molecule has 5 N–H and O–H groups in total. The molecule has 9 heteroatoms. The Bertz CT molecular complexity index is 334. The number of carboxylic acids is 2. The Morgan fingerprint density at radius 3 is 1.93 bits per heavy atom. The summed E-state index contributed by atoms with van der Waals surface area (Å²) in [6.07, 6.45) is -1.06. The lowest BCUT2D eigenvalue weighted by molar-refractivity contribution is -0.139. The molecule has 2 atom stereocenters. The van der Waals surface area contributed by atoms with Crippen molar-refractivity contribution >= 4 is 22.1 Å². The Labute approximate surface area is 79.1 Å². The number of rotatable bonds is 5. The van der Waals surface area contributed by atoms with Crippen molar-refractivity contribution in [3.05, 3.63) is 0 Å². The predicted octanol–water partition coefficient (Wildman–Crippen LogP) is -1.87. The molecule has 0 aliphatic heterocycles. The summed E-state index contributed by atoms with van der Waals surface area (Å²) in [6.45, 7) is 0. The fourth-order valence-electron chi connectivity index (χ4n) is 0.749. The Kier molecular flexibility index (Phi) is 3.98. The van der Waals surface area contributed by atoms with Crippen LogP contribution in [0, 0.1) is 0 Å². The van der Waals surface area contributed by atoms with Crippen molar-refractivity contribution in [1.82, 2.24) is 0 Å². The largest absolute Gasteiger partial charge is 0.481 e. The number of hydrogen-bond donors (Lipinski definition) is 4. The fourth-order valence-corrected chi connectivity index (χ4v) is 1.59. The summed E-state index contributed by atoms with van der Waals surface area (Å²) in [5.41, 5.74) is 4.89. The van der Waals surface area contributed by atoms with Gasteiger partial charge >= 0.3 is 11.9 Å². The number of carboxylic acid groups (broad SMARTS) is 2. The van der Waals surface area contributed by atoms with E-state index in [4.69, 9.17) is 20.5 Å². The summed E-state index contributed by atoms with van der Waals surface area (Å²) in [5, 5.41) is 14.5. The van der Waals surface area contributed by atoms with Crippen molar-refractivity contribution < 1.29 is 32.8 Å². The molecule has 82 valence electrons. The van der Waals surface area contributed by atoms with Gasteiger partial charge in [0.15, 0.2) is 0 Å². The quantitative estimate of drug-likeness (QED) is 0.398. The molecule has 0 aromatic rings. The summed E-state index contributed by atoms with van der Waals surface area (Å²) in [5.74, 6) is -3.27. The molecule has 14 heavy (non-hydrogen) atoms. The van der Waals surface area contributed by atoms with E-state index in [0.29, 0.717) is 0 Å². The average Bonchev–Trinajstić information content (AvgIpc) is 1.96. The van der Waals surface area contributed by atoms with E-state index >= 15 is 0 Å². The molecule has 0 amide bonds. The third-order valence-corrected chi connectivity index (χ3v) is 2.67. The topological polar surface area (TPSA) is 155 Å². The zero-order valence-corrected chi connectivity index (χ0v) is 7.64. The van der Waals surface area contributed by atoms with Crippen molar-refractivity contribution in [2.24, 2.45) is 5.73 Å². The molecule has 0 radical (unpaired) electrons. The first-order valence-electron chi connectivity index (χ1n) is 3.32. The van der Waals surface area contributed by atoms with Gasteiger partial charge in [0.1, 0.15) is 11.3 Å². The highest BCUT2D eigenvalue weighted by Gasteiger charge is 2.36. The Balaban J connectivity index is 4.92. The van der Waals surface area contributed by atoms with Crippen molar-refractivity contribution in [2.45, 2.75) is 17.7 Å². The Morgan fingerprint density at radius 2 is 1.71 bits per heavy atom. The van der Waals surface area contributed by atoms with Gasteiger partial charge in [0, 0.05) is 0 Å². The number of aliphatic carboxylic acids is 2. The SMILES string of the molecule is N[C@H](C(=O)O)C(CC(=O)O)S(=O)(=O)O. The van der Waals surface area contributed by atoms with Crippen LogP contribution in [0.1, 0.15) is 6.42 Å². The van der Waals surface area contributed by atoms with Gasteiger partial charge in [-0.05, 0) is 0 Å². The molecule has 0 spiro atoms. The summed E-state index contributed by atoms with van der Waals surface area (Å²) in [7, 11) is -4.79. The van der Waals surface area contributed by atoms with Crippen LogP contribution in [0.25, 0.3) is 0 Å². The normalized spacial score (nSPS) is 15.9. The van der Waals surface area contributed by atoms with Crippen LogP contribution in [-0.4, -0.2) is 46.4 Å². The molecule has 1 unspecified atom stereocenters. The van der Waals surface area contributed by atoms with Gasteiger partial charge in [-0.25, -0.2) is 0 Å². The van der Waals surface area contributed by atoms with Crippen LogP contribution in [0.3, 0.4) is 0 Å². The first-order chi connectivity index (χ1) is 6.16. The van der Waals surface area contributed by atoms with E-state index in [2.05, 4.69) is 0 Å². The van der Waals surface area contributed by atoms with Gasteiger partial charge in [0.25, 0.3) is 10.1 Å². The van der Waals surface area contributed by atoms with E-state index in [1.165, 1.54) is 0 Å². The van der Waals surface area contributed by atoms with Crippen molar-refractivity contribution in [3.8, 4) is 0 Å². The minimum Gasteiger partial charge on any atom is -0.481 e. The smallest absolute Gasteiger partial charge is 0.321 e. The lowest BCUT2D eigenvalue weighted by atomic mass is 10.1. The summed E-state index contributed by atoms with van der Waals surface area (Å²) in [4.78, 5) is 20.4. The van der Waals surface area contributed by atoms with Crippen LogP contribution in [0.2, 0.25) is 0 Å².